The molecule has 0 unspecified atom stereocenters. The topological polar surface area (TPSA) is 60.0 Å². The van der Waals surface area contributed by atoms with E-state index in [9.17, 15) is 4.79 Å². The highest BCUT2D eigenvalue weighted by Crippen LogP contribution is 2.21. The second kappa shape index (κ2) is 8.59. The maximum absolute atomic E-state index is 12.0. The molecule has 0 saturated heterocycles. The Bertz CT molecular complexity index is 603. The van der Waals surface area contributed by atoms with Gasteiger partial charge in [0, 0.05) is 24.8 Å². The summed E-state index contributed by atoms with van der Waals surface area (Å²) in [5, 5.41) is 4.22. The first-order valence-corrected chi connectivity index (χ1v) is 8.33. The number of aromatic nitrogens is 1. The zero-order valence-corrected chi connectivity index (χ0v) is 13.5. The number of nitrogens with two attached hydrogens (primary N) is 1. The first-order valence-electron chi connectivity index (χ1n) is 8.33. The molecule has 22 heavy (non-hydrogen) atoms. The third-order valence-corrected chi connectivity index (χ3v) is 3.88. The highest BCUT2D eigenvalue weighted by molar-refractivity contribution is 5.93. The van der Waals surface area contributed by atoms with E-state index in [1.807, 2.05) is 6.07 Å². The van der Waals surface area contributed by atoms with Gasteiger partial charge in [-0.1, -0.05) is 25.8 Å². The lowest BCUT2D eigenvalue weighted by atomic mass is 10.1. The average molecular weight is 301 g/mol. The van der Waals surface area contributed by atoms with Crippen LogP contribution in [0.25, 0.3) is 10.9 Å². The number of unbranched alkanes of at least 4 members (excludes halogenated alkanes) is 3. The van der Waals surface area contributed by atoms with E-state index in [0.29, 0.717) is 6.42 Å². The number of nitrogens with zero attached hydrogens (tertiary/aromatic N) is 1. The van der Waals surface area contributed by atoms with Gasteiger partial charge in [0.25, 0.3) is 0 Å². The Hall–Kier alpha value is -1.81. The van der Waals surface area contributed by atoms with Crippen LogP contribution in [0.15, 0.2) is 30.5 Å². The van der Waals surface area contributed by atoms with Crippen molar-refractivity contribution in [1.29, 1.82) is 0 Å². The van der Waals surface area contributed by atoms with Crippen LogP contribution < -0.4 is 11.1 Å². The van der Waals surface area contributed by atoms with Gasteiger partial charge >= 0.3 is 0 Å². The lowest BCUT2D eigenvalue weighted by Crippen LogP contribution is -2.11. The molecule has 4 nitrogen and oxygen atoms in total. The molecule has 0 saturated carbocycles. The number of carbonyl (C=O) groups excluding carboxylic acids is 1. The fraction of sp³-hybridized carbons (Fsp3) is 0.500. The average Bonchev–Trinajstić information content (AvgIpc) is 2.90. The summed E-state index contributed by atoms with van der Waals surface area (Å²) in [4.78, 5) is 12.0. The van der Waals surface area contributed by atoms with Crippen molar-refractivity contribution in [1.82, 2.24) is 4.57 Å². The largest absolute Gasteiger partial charge is 0.347 e. The van der Waals surface area contributed by atoms with E-state index in [0.717, 1.165) is 50.9 Å². The Balaban J connectivity index is 1.90. The van der Waals surface area contributed by atoms with Gasteiger partial charge in [-0.15, -0.1) is 0 Å². The van der Waals surface area contributed by atoms with E-state index in [1.54, 1.807) is 0 Å². The number of nitrogens with one attached hydrogen (secondary N) is 1. The Morgan fingerprint density at radius 3 is 2.77 bits per heavy atom. The zero-order valence-electron chi connectivity index (χ0n) is 13.5. The molecule has 1 amide bonds. The third-order valence-electron chi connectivity index (χ3n) is 3.88. The molecule has 0 aliphatic heterocycles. The molecule has 4 heteroatoms. The van der Waals surface area contributed by atoms with E-state index >= 15 is 0 Å². The summed E-state index contributed by atoms with van der Waals surface area (Å²) in [5.41, 5.74) is 7.53. The SMILES string of the molecule is CCCn1ccc2ccc(NC(=O)CCCCCCN)cc21. The molecule has 0 radical (unpaired) electrons. The quantitative estimate of drug-likeness (QED) is 0.690. The van der Waals surface area contributed by atoms with E-state index in [-0.39, 0.29) is 5.91 Å². The summed E-state index contributed by atoms with van der Waals surface area (Å²) in [6.07, 6.45) is 7.95. The molecule has 0 atom stereocenters. The van der Waals surface area contributed by atoms with Crippen molar-refractivity contribution in [3.8, 4) is 0 Å². The van der Waals surface area contributed by atoms with E-state index in [4.69, 9.17) is 5.73 Å². The molecule has 2 rings (SSSR count). The van der Waals surface area contributed by atoms with Gasteiger partial charge in [-0.3, -0.25) is 4.79 Å². The number of amides is 1. The zero-order chi connectivity index (χ0) is 15.8. The van der Waals surface area contributed by atoms with Crippen LogP contribution in [0.1, 0.15) is 45.4 Å². The van der Waals surface area contributed by atoms with Gasteiger partial charge < -0.3 is 15.6 Å². The van der Waals surface area contributed by atoms with Gasteiger partial charge in [0.1, 0.15) is 0 Å². The van der Waals surface area contributed by atoms with Crippen molar-refractivity contribution < 1.29 is 4.79 Å². The van der Waals surface area contributed by atoms with Crippen LogP contribution in [0.3, 0.4) is 0 Å². The molecule has 0 aliphatic rings. The fourth-order valence-corrected chi connectivity index (χ4v) is 2.70. The monoisotopic (exact) mass is 301 g/mol. The highest BCUT2D eigenvalue weighted by atomic mass is 16.1. The summed E-state index contributed by atoms with van der Waals surface area (Å²) in [6, 6.07) is 8.23. The Morgan fingerprint density at radius 2 is 2.00 bits per heavy atom. The number of carbonyl (C=O) groups is 1. The molecule has 2 aromatic rings. The Morgan fingerprint density at radius 1 is 1.18 bits per heavy atom. The van der Waals surface area contributed by atoms with Crippen LogP contribution in [0.2, 0.25) is 0 Å². The van der Waals surface area contributed by atoms with Crippen LogP contribution in [0.4, 0.5) is 5.69 Å². The normalized spacial score (nSPS) is 11.0. The van der Waals surface area contributed by atoms with Gasteiger partial charge in [-0.05, 0) is 49.4 Å². The third kappa shape index (κ3) is 4.60. The maximum atomic E-state index is 12.0. The number of fused-ring (bicyclic) bond motifs is 1. The van der Waals surface area contributed by atoms with Crippen LogP contribution in [-0.4, -0.2) is 17.0 Å². The number of hydrogen-bond acceptors (Lipinski definition) is 2. The van der Waals surface area contributed by atoms with Crippen molar-refractivity contribution in [3.63, 3.8) is 0 Å². The van der Waals surface area contributed by atoms with Crippen molar-refractivity contribution in [2.45, 2.75) is 52.0 Å². The highest BCUT2D eigenvalue weighted by Gasteiger charge is 2.05. The van der Waals surface area contributed by atoms with Crippen LogP contribution in [0, 0.1) is 0 Å². The lowest BCUT2D eigenvalue weighted by molar-refractivity contribution is -0.116. The molecule has 0 spiro atoms. The van der Waals surface area contributed by atoms with E-state index in [1.165, 1.54) is 10.9 Å². The van der Waals surface area contributed by atoms with Crippen molar-refractivity contribution in [2.75, 3.05) is 11.9 Å². The number of hydrogen-bond donors (Lipinski definition) is 2. The molecular weight excluding hydrogens is 274 g/mol. The van der Waals surface area contributed by atoms with Crippen molar-refractivity contribution in [2.24, 2.45) is 5.73 Å². The summed E-state index contributed by atoms with van der Waals surface area (Å²) in [6.45, 7) is 3.91. The van der Waals surface area contributed by atoms with Gasteiger partial charge in [0.15, 0.2) is 0 Å². The molecule has 0 aliphatic carbocycles. The van der Waals surface area contributed by atoms with Crippen LogP contribution >= 0.6 is 0 Å². The molecule has 1 heterocycles. The first kappa shape index (κ1) is 16.6. The summed E-state index contributed by atoms with van der Waals surface area (Å²) in [5.74, 6) is 0.0979. The predicted octanol–water partition coefficient (Wildman–Crippen LogP) is 3.90. The molecule has 120 valence electrons. The molecule has 3 N–H and O–H groups in total. The van der Waals surface area contributed by atoms with Gasteiger partial charge in [-0.25, -0.2) is 0 Å². The number of anilines is 1. The molecular formula is C18H27N3O. The maximum Gasteiger partial charge on any atom is 0.224 e. The second-order valence-corrected chi connectivity index (χ2v) is 5.78. The van der Waals surface area contributed by atoms with E-state index < -0.39 is 0 Å². The predicted molar refractivity (Wildman–Crippen MR) is 93.0 cm³/mol. The Kier molecular flexibility index (Phi) is 6.46. The lowest BCUT2D eigenvalue weighted by Gasteiger charge is -2.08. The minimum atomic E-state index is 0.0979. The number of aryl methyl sites for hydroxylation is 1. The van der Waals surface area contributed by atoms with Crippen molar-refractivity contribution in [3.05, 3.63) is 30.5 Å². The summed E-state index contributed by atoms with van der Waals surface area (Å²) in [7, 11) is 0. The molecule has 1 aromatic carbocycles. The van der Waals surface area contributed by atoms with Gasteiger partial charge in [0.2, 0.25) is 5.91 Å². The Labute approximate surface area is 132 Å². The summed E-state index contributed by atoms with van der Waals surface area (Å²) >= 11 is 0. The van der Waals surface area contributed by atoms with Gasteiger partial charge in [0.05, 0.1) is 5.52 Å². The minimum absolute atomic E-state index is 0.0979. The molecule has 0 fully saturated rings. The number of rotatable bonds is 9. The van der Waals surface area contributed by atoms with Crippen molar-refractivity contribution >= 4 is 22.5 Å². The molecule has 0 bridgehead atoms. The molecule has 1 aromatic heterocycles. The smallest absolute Gasteiger partial charge is 0.224 e. The minimum Gasteiger partial charge on any atom is -0.347 e. The summed E-state index contributed by atoms with van der Waals surface area (Å²) < 4.78 is 2.23. The first-order chi connectivity index (χ1) is 10.7. The standard InChI is InChI=1S/C18H27N3O/c1-2-12-21-13-10-15-8-9-16(14-17(15)21)20-18(22)7-5-3-4-6-11-19/h8-10,13-14H,2-7,11-12,19H2,1H3,(H,20,22). The van der Waals surface area contributed by atoms with Gasteiger partial charge in [-0.2, -0.15) is 0 Å². The van der Waals surface area contributed by atoms with Crippen LogP contribution in [0.5, 0.6) is 0 Å². The number of benzene rings is 1. The van der Waals surface area contributed by atoms with Crippen LogP contribution in [-0.2, 0) is 11.3 Å². The van der Waals surface area contributed by atoms with E-state index in [2.05, 4.69) is 41.2 Å². The second-order valence-electron chi connectivity index (χ2n) is 5.78. The fourth-order valence-electron chi connectivity index (χ4n) is 2.70.